The highest BCUT2D eigenvalue weighted by Crippen LogP contribution is 2.21. The average Bonchev–Trinajstić information content (AvgIpc) is 2.91. The maximum Gasteiger partial charge on any atom is 0.234 e. The summed E-state index contributed by atoms with van der Waals surface area (Å²) in [5, 5.41) is 11.7. The van der Waals surface area contributed by atoms with Crippen LogP contribution >= 0.6 is 11.8 Å². The Morgan fingerprint density at radius 2 is 2.09 bits per heavy atom. The molecule has 0 aliphatic carbocycles. The van der Waals surface area contributed by atoms with Crippen LogP contribution in [0.15, 0.2) is 42.1 Å². The standard InChI is InChI=1S/C16H19FN4OS/c1-4-9-21-15(11(2)3)19-20-16(21)23-10-14(22)18-13-7-5-12(17)6-8-13/h4-8,11H,1,9-10H2,2-3H3,(H,18,22). The van der Waals surface area contributed by atoms with E-state index in [1.165, 1.54) is 36.0 Å². The number of carbonyl (C=O) groups excluding carboxylic acids is 1. The van der Waals surface area contributed by atoms with Crippen molar-refractivity contribution in [2.75, 3.05) is 11.1 Å². The van der Waals surface area contributed by atoms with Gasteiger partial charge in [-0.05, 0) is 24.3 Å². The largest absolute Gasteiger partial charge is 0.325 e. The predicted molar refractivity (Wildman–Crippen MR) is 90.1 cm³/mol. The Balaban J connectivity index is 1.98. The molecule has 2 rings (SSSR count). The number of carbonyl (C=O) groups is 1. The molecule has 0 aliphatic heterocycles. The lowest BCUT2D eigenvalue weighted by molar-refractivity contribution is -0.113. The summed E-state index contributed by atoms with van der Waals surface area (Å²) in [6, 6.07) is 5.65. The Labute approximate surface area is 139 Å². The maximum absolute atomic E-state index is 12.8. The quantitative estimate of drug-likeness (QED) is 0.622. The number of aromatic nitrogens is 3. The molecule has 0 spiro atoms. The summed E-state index contributed by atoms with van der Waals surface area (Å²) >= 11 is 1.31. The van der Waals surface area contributed by atoms with Crippen LogP contribution in [-0.2, 0) is 11.3 Å². The highest BCUT2D eigenvalue weighted by atomic mass is 32.2. The van der Waals surface area contributed by atoms with E-state index in [4.69, 9.17) is 0 Å². The van der Waals surface area contributed by atoms with Crippen LogP contribution < -0.4 is 5.32 Å². The molecule has 0 fully saturated rings. The van der Waals surface area contributed by atoms with E-state index in [1.54, 1.807) is 6.08 Å². The van der Waals surface area contributed by atoms with Gasteiger partial charge in [-0.3, -0.25) is 4.79 Å². The molecule has 0 aliphatic rings. The highest BCUT2D eigenvalue weighted by Gasteiger charge is 2.15. The number of allylic oxidation sites excluding steroid dienone is 1. The second-order valence-electron chi connectivity index (χ2n) is 5.24. The molecule has 2 aromatic rings. The second kappa shape index (κ2) is 7.92. The number of hydrogen-bond acceptors (Lipinski definition) is 4. The van der Waals surface area contributed by atoms with E-state index in [1.807, 2.05) is 18.4 Å². The Bertz CT molecular complexity index is 682. The van der Waals surface area contributed by atoms with Crippen LogP contribution in [0.3, 0.4) is 0 Å². The van der Waals surface area contributed by atoms with E-state index in [9.17, 15) is 9.18 Å². The van der Waals surface area contributed by atoms with Crippen LogP contribution in [0, 0.1) is 5.82 Å². The van der Waals surface area contributed by atoms with Crippen molar-refractivity contribution in [3.05, 3.63) is 48.6 Å². The number of benzene rings is 1. The highest BCUT2D eigenvalue weighted by molar-refractivity contribution is 7.99. The molecule has 7 heteroatoms. The topological polar surface area (TPSA) is 59.8 Å². The molecule has 1 aromatic heterocycles. The van der Waals surface area contributed by atoms with Crippen LogP contribution in [0.2, 0.25) is 0 Å². The maximum atomic E-state index is 12.8. The molecule has 0 saturated heterocycles. The summed E-state index contributed by atoms with van der Waals surface area (Å²) < 4.78 is 14.8. The molecule has 0 unspecified atom stereocenters. The van der Waals surface area contributed by atoms with Gasteiger partial charge in [-0.15, -0.1) is 16.8 Å². The molecule has 122 valence electrons. The van der Waals surface area contributed by atoms with Gasteiger partial charge in [0.15, 0.2) is 5.16 Å². The molecule has 1 amide bonds. The Kier molecular flexibility index (Phi) is 5.92. The summed E-state index contributed by atoms with van der Waals surface area (Å²) in [4.78, 5) is 12.0. The Morgan fingerprint density at radius 3 is 2.70 bits per heavy atom. The van der Waals surface area contributed by atoms with E-state index in [0.717, 1.165) is 5.82 Å². The Hall–Kier alpha value is -2.15. The molecule has 5 nitrogen and oxygen atoms in total. The first-order chi connectivity index (χ1) is 11.0. The van der Waals surface area contributed by atoms with Crippen LogP contribution in [0.25, 0.3) is 0 Å². The smallest absolute Gasteiger partial charge is 0.234 e. The first-order valence-corrected chi connectivity index (χ1v) is 8.22. The predicted octanol–water partition coefficient (Wildman–Crippen LogP) is 3.46. The van der Waals surface area contributed by atoms with Crippen LogP contribution in [0.5, 0.6) is 0 Å². The number of nitrogens with zero attached hydrogens (tertiary/aromatic N) is 3. The van der Waals surface area contributed by atoms with Gasteiger partial charge in [0.25, 0.3) is 0 Å². The third-order valence-electron chi connectivity index (χ3n) is 3.03. The first-order valence-electron chi connectivity index (χ1n) is 7.23. The van der Waals surface area contributed by atoms with Gasteiger partial charge in [-0.1, -0.05) is 31.7 Å². The minimum atomic E-state index is -0.337. The summed E-state index contributed by atoms with van der Waals surface area (Å²) in [7, 11) is 0. The number of halogens is 1. The number of thioether (sulfide) groups is 1. The fourth-order valence-electron chi connectivity index (χ4n) is 2.00. The lowest BCUT2D eigenvalue weighted by Gasteiger charge is -2.09. The summed E-state index contributed by atoms with van der Waals surface area (Å²) in [6.07, 6.45) is 1.78. The molecule has 0 radical (unpaired) electrons. The SMILES string of the molecule is C=CCn1c(SCC(=O)Nc2ccc(F)cc2)nnc1C(C)C. The molecule has 23 heavy (non-hydrogen) atoms. The van der Waals surface area contributed by atoms with Gasteiger partial charge in [0, 0.05) is 18.2 Å². The van der Waals surface area contributed by atoms with Gasteiger partial charge < -0.3 is 9.88 Å². The molecule has 1 N–H and O–H groups in total. The number of anilines is 1. The molecule has 1 aromatic carbocycles. The van der Waals surface area contributed by atoms with Crippen molar-refractivity contribution in [2.45, 2.75) is 31.5 Å². The van der Waals surface area contributed by atoms with E-state index >= 15 is 0 Å². The Morgan fingerprint density at radius 1 is 1.39 bits per heavy atom. The zero-order chi connectivity index (χ0) is 16.8. The van der Waals surface area contributed by atoms with Crippen molar-refractivity contribution in [1.29, 1.82) is 0 Å². The normalized spacial score (nSPS) is 10.8. The molecule has 1 heterocycles. The van der Waals surface area contributed by atoms with Crippen LogP contribution in [0.1, 0.15) is 25.6 Å². The number of amides is 1. The monoisotopic (exact) mass is 334 g/mol. The van der Waals surface area contributed by atoms with Crippen molar-refractivity contribution < 1.29 is 9.18 Å². The summed E-state index contributed by atoms with van der Waals surface area (Å²) in [5.74, 6) is 0.790. The fraction of sp³-hybridized carbons (Fsp3) is 0.312. The van der Waals surface area contributed by atoms with Gasteiger partial charge in [0.1, 0.15) is 11.6 Å². The van der Waals surface area contributed by atoms with Crippen LogP contribution in [0.4, 0.5) is 10.1 Å². The van der Waals surface area contributed by atoms with Gasteiger partial charge in [-0.25, -0.2) is 4.39 Å². The number of nitrogens with one attached hydrogen (secondary N) is 1. The number of hydrogen-bond donors (Lipinski definition) is 1. The van der Waals surface area contributed by atoms with Crippen molar-refractivity contribution in [2.24, 2.45) is 0 Å². The summed E-state index contributed by atoms with van der Waals surface area (Å²) in [5.41, 5.74) is 0.562. The van der Waals surface area contributed by atoms with Crippen molar-refractivity contribution in [3.8, 4) is 0 Å². The lowest BCUT2D eigenvalue weighted by Crippen LogP contribution is -2.14. The van der Waals surface area contributed by atoms with E-state index in [-0.39, 0.29) is 23.4 Å². The lowest BCUT2D eigenvalue weighted by atomic mass is 10.2. The molecule has 0 saturated carbocycles. The zero-order valence-electron chi connectivity index (χ0n) is 13.1. The molecule has 0 atom stereocenters. The van der Waals surface area contributed by atoms with Gasteiger partial charge in [-0.2, -0.15) is 0 Å². The van der Waals surface area contributed by atoms with Gasteiger partial charge in [0.05, 0.1) is 5.75 Å². The third kappa shape index (κ3) is 4.66. The molecule has 0 bridgehead atoms. The van der Waals surface area contributed by atoms with Crippen LogP contribution in [-0.4, -0.2) is 26.4 Å². The van der Waals surface area contributed by atoms with E-state index in [2.05, 4.69) is 22.1 Å². The molecular weight excluding hydrogens is 315 g/mol. The molecular formula is C16H19FN4OS. The zero-order valence-corrected chi connectivity index (χ0v) is 13.9. The van der Waals surface area contributed by atoms with Crippen molar-refractivity contribution in [3.63, 3.8) is 0 Å². The van der Waals surface area contributed by atoms with E-state index < -0.39 is 0 Å². The van der Waals surface area contributed by atoms with Crippen molar-refractivity contribution >= 4 is 23.4 Å². The second-order valence-corrected chi connectivity index (χ2v) is 6.18. The van der Waals surface area contributed by atoms with Gasteiger partial charge in [0.2, 0.25) is 5.91 Å². The van der Waals surface area contributed by atoms with Crippen molar-refractivity contribution in [1.82, 2.24) is 14.8 Å². The fourth-order valence-corrected chi connectivity index (χ4v) is 2.75. The van der Waals surface area contributed by atoms with Gasteiger partial charge >= 0.3 is 0 Å². The number of rotatable bonds is 7. The average molecular weight is 334 g/mol. The third-order valence-corrected chi connectivity index (χ3v) is 4.00. The first kappa shape index (κ1) is 17.2. The minimum absolute atomic E-state index is 0.180. The summed E-state index contributed by atoms with van der Waals surface area (Å²) in [6.45, 7) is 8.42. The van der Waals surface area contributed by atoms with E-state index in [0.29, 0.717) is 17.4 Å². The minimum Gasteiger partial charge on any atom is -0.325 e.